The van der Waals surface area contributed by atoms with Crippen molar-refractivity contribution in [2.45, 2.75) is 275 Å². The summed E-state index contributed by atoms with van der Waals surface area (Å²) in [5, 5.41) is 54.3. The van der Waals surface area contributed by atoms with E-state index in [1.807, 2.05) is 6.08 Å². The van der Waals surface area contributed by atoms with E-state index in [0.717, 1.165) is 44.9 Å². The van der Waals surface area contributed by atoms with Gasteiger partial charge in [0.1, 0.15) is 24.4 Å². The van der Waals surface area contributed by atoms with Crippen LogP contribution in [0.1, 0.15) is 232 Å². The molecule has 6 N–H and O–H groups in total. The maximum absolute atomic E-state index is 13.0. The Morgan fingerprint density at radius 1 is 0.557 bits per heavy atom. The average Bonchev–Trinajstić information content (AvgIpc) is 3.26. The summed E-state index contributed by atoms with van der Waals surface area (Å²) in [4.78, 5) is 13.0. The second kappa shape index (κ2) is 42.4. The van der Waals surface area contributed by atoms with Crippen LogP contribution in [0, 0.1) is 0 Å². The van der Waals surface area contributed by atoms with Gasteiger partial charge in [-0.15, -0.1) is 0 Å². The third-order valence-corrected chi connectivity index (χ3v) is 12.2. The fourth-order valence-corrected chi connectivity index (χ4v) is 8.07. The molecule has 1 saturated heterocycles. The molecule has 1 aliphatic heterocycles. The maximum Gasteiger partial charge on any atom is 0.220 e. The molecule has 61 heavy (non-hydrogen) atoms. The topological polar surface area (TPSA) is 149 Å². The Morgan fingerprint density at radius 3 is 1.41 bits per heavy atom. The Bertz CT molecular complexity index is 1050. The van der Waals surface area contributed by atoms with Gasteiger partial charge in [-0.3, -0.25) is 4.79 Å². The van der Waals surface area contributed by atoms with Crippen molar-refractivity contribution in [3.05, 3.63) is 36.5 Å². The second-order valence-electron chi connectivity index (χ2n) is 18.0. The number of rotatable bonds is 43. The Hall–Kier alpha value is -1.59. The number of allylic oxidation sites excluding steroid dienone is 5. The zero-order valence-corrected chi connectivity index (χ0v) is 39.4. The van der Waals surface area contributed by atoms with Crippen LogP contribution in [0.15, 0.2) is 36.5 Å². The van der Waals surface area contributed by atoms with Gasteiger partial charge in [-0.1, -0.05) is 211 Å². The molecule has 0 radical (unpaired) electrons. The van der Waals surface area contributed by atoms with Crippen LogP contribution in [0.25, 0.3) is 0 Å². The summed E-state index contributed by atoms with van der Waals surface area (Å²) in [6, 6.07) is -0.806. The highest BCUT2D eigenvalue weighted by Crippen LogP contribution is 2.23. The Kier molecular flexibility index (Phi) is 39.9. The van der Waals surface area contributed by atoms with Gasteiger partial charge in [-0.2, -0.15) is 0 Å². The lowest BCUT2D eigenvalue weighted by molar-refractivity contribution is -0.302. The van der Waals surface area contributed by atoms with Gasteiger partial charge in [0.2, 0.25) is 5.91 Å². The number of amides is 1. The van der Waals surface area contributed by atoms with Gasteiger partial charge in [-0.05, 0) is 51.4 Å². The van der Waals surface area contributed by atoms with E-state index in [0.29, 0.717) is 6.42 Å². The SMILES string of the molecule is CCCCCCCCCCC/C=C\C/C=C\CCCCCCCCCCCC(=O)NC(COC1OC(CO)C(O)C(O)C1O)C(O)/C=C/CCCCCCCCCCCCC. The van der Waals surface area contributed by atoms with Crippen molar-refractivity contribution >= 4 is 5.91 Å². The van der Waals surface area contributed by atoms with Crippen LogP contribution in [0.2, 0.25) is 0 Å². The van der Waals surface area contributed by atoms with Crippen molar-refractivity contribution < 1.29 is 39.8 Å². The highest BCUT2D eigenvalue weighted by atomic mass is 16.7. The standard InChI is InChI=1S/C52H97NO8/c1-3-5-7-9-11-13-15-17-18-19-20-21-22-23-24-25-26-27-28-30-32-34-36-38-40-42-48(56)53-45(44-60-52-51(59)50(58)49(57)47(43-54)61-52)46(55)41-39-37-35-33-31-29-16-14-12-10-8-6-4-2/h20-21,23-24,39,41,45-47,49-52,54-55,57-59H,3-19,22,25-38,40,42-44H2,1-2H3,(H,53,56)/b21-20-,24-23-,41-39+. The van der Waals surface area contributed by atoms with E-state index in [1.54, 1.807) is 6.08 Å². The van der Waals surface area contributed by atoms with Gasteiger partial charge in [0.15, 0.2) is 6.29 Å². The van der Waals surface area contributed by atoms with E-state index < -0.39 is 49.5 Å². The van der Waals surface area contributed by atoms with Crippen LogP contribution >= 0.6 is 0 Å². The van der Waals surface area contributed by atoms with Gasteiger partial charge in [0, 0.05) is 6.42 Å². The number of hydrogen-bond acceptors (Lipinski definition) is 8. The molecule has 0 aromatic heterocycles. The first-order valence-electron chi connectivity index (χ1n) is 25.7. The van der Waals surface area contributed by atoms with Crippen molar-refractivity contribution in [1.29, 1.82) is 0 Å². The van der Waals surface area contributed by atoms with E-state index in [2.05, 4.69) is 43.5 Å². The van der Waals surface area contributed by atoms with E-state index in [9.17, 15) is 30.3 Å². The third-order valence-electron chi connectivity index (χ3n) is 12.2. The fraction of sp³-hybridized carbons (Fsp3) is 0.865. The fourth-order valence-electron chi connectivity index (χ4n) is 8.07. The number of unbranched alkanes of at least 4 members (excludes halogenated alkanes) is 29. The molecular weight excluding hydrogens is 767 g/mol. The lowest BCUT2D eigenvalue weighted by Crippen LogP contribution is -2.60. The molecular formula is C52H97NO8. The first kappa shape index (κ1) is 57.4. The number of nitrogens with one attached hydrogen (secondary N) is 1. The number of carbonyl (C=O) groups is 1. The molecule has 7 unspecified atom stereocenters. The molecule has 0 aliphatic carbocycles. The summed E-state index contributed by atoms with van der Waals surface area (Å²) in [6.07, 6.45) is 46.2. The molecule has 0 aromatic carbocycles. The van der Waals surface area contributed by atoms with Crippen LogP contribution in [0.5, 0.6) is 0 Å². The van der Waals surface area contributed by atoms with Gasteiger partial charge in [0.25, 0.3) is 0 Å². The van der Waals surface area contributed by atoms with Crippen molar-refractivity contribution in [1.82, 2.24) is 5.32 Å². The summed E-state index contributed by atoms with van der Waals surface area (Å²) in [6.45, 7) is 3.77. The summed E-state index contributed by atoms with van der Waals surface area (Å²) in [5.74, 6) is -0.181. The number of aliphatic hydroxyl groups excluding tert-OH is 5. The lowest BCUT2D eigenvalue weighted by atomic mass is 9.99. The van der Waals surface area contributed by atoms with Crippen molar-refractivity contribution in [2.75, 3.05) is 13.2 Å². The van der Waals surface area contributed by atoms with Gasteiger partial charge < -0.3 is 40.3 Å². The monoisotopic (exact) mass is 864 g/mol. The lowest BCUT2D eigenvalue weighted by Gasteiger charge is -2.40. The molecule has 358 valence electrons. The number of carbonyl (C=O) groups excluding carboxylic acids is 1. The van der Waals surface area contributed by atoms with E-state index in [4.69, 9.17) is 9.47 Å². The summed E-state index contributed by atoms with van der Waals surface area (Å²) in [5.41, 5.74) is 0. The molecule has 1 rings (SSSR count). The Balaban J connectivity index is 2.25. The number of aliphatic hydroxyl groups is 5. The maximum atomic E-state index is 13.0. The summed E-state index contributed by atoms with van der Waals surface area (Å²) < 4.78 is 11.2. The molecule has 0 saturated carbocycles. The first-order chi connectivity index (χ1) is 29.8. The zero-order valence-electron chi connectivity index (χ0n) is 39.4. The van der Waals surface area contributed by atoms with Crippen LogP contribution in [-0.4, -0.2) is 87.5 Å². The second-order valence-corrected chi connectivity index (χ2v) is 18.0. The van der Waals surface area contributed by atoms with Gasteiger partial charge >= 0.3 is 0 Å². The average molecular weight is 864 g/mol. The van der Waals surface area contributed by atoms with Crippen molar-refractivity contribution in [3.63, 3.8) is 0 Å². The number of hydrogen-bond donors (Lipinski definition) is 6. The molecule has 9 heteroatoms. The van der Waals surface area contributed by atoms with Crippen molar-refractivity contribution in [3.8, 4) is 0 Å². The van der Waals surface area contributed by atoms with E-state index >= 15 is 0 Å². The smallest absolute Gasteiger partial charge is 0.220 e. The normalized spacial score (nSPS) is 20.7. The molecule has 1 fully saturated rings. The zero-order chi connectivity index (χ0) is 44.4. The largest absolute Gasteiger partial charge is 0.394 e. The molecule has 1 heterocycles. The molecule has 9 nitrogen and oxygen atoms in total. The highest BCUT2D eigenvalue weighted by molar-refractivity contribution is 5.76. The third kappa shape index (κ3) is 32.7. The van der Waals surface area contributed by atoms with Crippen LogP contribution in [-0.2, 0) is 14.3 Å². The van der Waals surface area contributed by atoms with Gasteiger partial charge in [0.05, 0.1) is 25.4 Å². The molecule has 0 spiro atoms. The van der Waals surface area contributed by atoms with Crippen LogP contribution in [0.4, 0.5) is 0 Å². The van der Waals surface area contributed by atoms with Gasteiger partial charge in [-0.25, -0.2) is 0 Å². The minimum Gasteiger partial charge on any atom is -0.394 e. The molecule has 1 amide bonds. The molecule has 0 aromatic rings. The first-order valence-corrected chi connectivity index (χ1v) is 25.7. The highest BCUT2D eigenvalue weighted by Gasteiger charge is 2.44. The Labute approximate surface area is 374 Å². The predicted molar refractivity (Wildman–Crippen MR) is 253 cm³/mol. The van der Waals surface area contributed by atoms with E-state index in [-0.39, 0.29) is 12.5 Å². The van der Waals surface area contributed by atoms with Crippen LogP contribution < -0.4 is 5.32 Å². The molecule has 7 atom stereocenters. The van der Waals surface area contributed by atoms with E-state index in [1.165, 1.54) is 167 Å². The summed E-state index contributed by atoms with van der Waals surface area (Å²) in [7, 11) is 0. The molecule has 1 aliphatic rings. The minimum absolute atomic E-state index is 0.181. The Morgan fingerprint density at radius 2 is 0.967 bits per heavy atom. The minimum atomic E-state index is -1.57. The summed E-state index contributed by atoms with van der Waals surface area (Å²) >= 11 is 0. The van der Waals surface area contributed by atoms with Crippen LogP contribution in [0.3, 0.4) is 0 Å². The number of ether oxygens (including phenoxy) is 2. The van der Waals surface area contributed by atoms with Crippen molar-refractivity contribution in [2.24, 2.45) is 0 Å². The predicted octanol–water partition coefficient (Wildman–Crippen LogP) is 11.6. The molecule has 0 bridgehead atoms. The quantitative estimate of drug-likeness (QED) is 0.0262.